The number of hydrogen-bond acceptors (Lipinski definition) is 3. The van der Waals surface area contributed by atoms with E-state index in [1.165, 1.54) is 11.1 Å². The van der Waals surface area contributed by atoms with Gasteiger partial charge in [0.05, 0.1) is 24.7 Å². The van der Waals surface area contributed by atoms with E-state index in [0.717, 1.165) is 25.0 Å². The Morgan fingerprint density at radius 2 is 2.33 bits per heavy atom. The van der Waals surface area contributed by atoms with Crippen molar-refractivity contribution in [1.82, 2.24) is 9.78 Å². The van der Waals surface area contributed by atoms with Crippen LogP contribution in [0.1, 0.15) is 36.1 Å². The minimum absolute atomic E-state index is 0.0424. The van der Waals surface area contributed by atoms with Crippen LogP contribution in [0.4, 0.5) is 5.82 Å². The van der Waals surface area contributed by atoms with Crippen molar-refractivity contribution < 1.29 is 4.79 Å². The maximum absolute atomic E-state index is 12.8. The van der Waals surface area contributed by atoms with E-state index < -0.39 is 0 Å². The van der Waals surface area contributed by atoms with E-state index >= 15 is 0 Å². The molecule has 24 heavy (non-hydrogen) atoms. The highest BCUT2D eigenvalue weighted by Crippen LogP contribution is 2.61. The molecule has 5 heteroatoms. The van der Waals surface area contributed by atoms with Crippen LogP contribution in [0.5, 0.6) is 0 Å². The van der Waals surface area contributed by atoms with Crippen LogP contribution in [-0.4, -0.2) is 15.7 Å². The lowest BCUT2D eigenvalue weighted by Crippen LogP contribution is -2.21. The Balaban J connectivity index is 1.51. The molecule has 1 aromatic heterocycles. The summed E-state index contributed by atoms with van der Waals surface area (Å²) in [6.45, 7) is 2.39. The quantitative estimate of drug-likeness (QED) is 0.941. The molecular weight excluding hydrogens is 300 g/mol. The monoisotopic (exact) mass is 320 g/mol. The van der Waals surface area contributed by atoms with Crippen LogP contribution in [0, 0.1) is 24.2 Å². The Bertz CT molecular complexity index is 847. The first-order valence-electron chi connectivity index (χ1n) is 8.45. The van der Waals surface area contributed by atoms with E-state index in [0.29, 0.717) is 18.8 Å². The zero-order valence-corrected chi connectivity index (χ0v) is 13.7. The lowest BCUT2D eigenvalue weighted by Gasteiger charge is -2.12. The third kappa shape index (κ3) is 2.30. The van der Waals surface area contributed by atoms with Gasteiger partial charge in [0, 0.05) is 17.4 Å². The van der Waals surface area contributed by atoms with Gasteiger partial charge in [-0.3, -0.25) is 4.79 Å². The average molecular weight is 320 g/mol. The number of amides is 1. The molecule has 0 aliphatic heterocycles. The standard InChI is InChI=1S/C19H20N4O/c1-13-11-17(23(22-13)10-4-9-20)21-18(24)16-12-19(16)8-7-14-5-2-3-6-15(14)19/h2-3,5-6,11,16H,4,7-8,10,12H2,1H3,(H,21,24)/t16-,19+/m0/s1. The summed E-state index contributed by atoms with van der Waals surface area (Å²) in [6.07, 6.45) is 3.45. The molecule has 0 saturated heterocycles. The average Bonchev–Trinajstić information content (AvgIpc) is 3.06. The molecule has 122 valence electrons. The summed E-state index contributed by atoms with van der Waals surface area (Å²) in [7, 11) is 0. The lowest BCUT2D eigenvalue weighted by atomic mass is 9.95. The van der Waals surface area contributed by atoms with Crippen LogP contribution in [-0.2, 0) is 23.2 Å². The molecular formula is C19H20N4O. The predicted octanol–water partition coefficient (Wildman–Crippen LogP) is 2.95. The van der Waals surface area contributed by atoms with Crippen LogP contribution in [0.3, 0.4) is 0 Å². The summed E-state index contributed by atoms with van der Waals surface area (Å²) >= 11 is 0. The van der Waals surface area contributed by atoms with E-state index in [1.807, 2.05) is 13.0 Å². The highest BCUT2D eigenvalue weighted by molar-refractivity contribution is 5.95. The maximum atomic E-state index is 12.8. The zero-order chi connectivity index (χ0) is 16.7. The summed E-state index contributed by atoms with van der Waals surface area (Å²) < 4.78 is 1.72. The number of carbonyl (C=O) groups excluding carboxylic acids is 1. The van der Waals surface area contributed by atoms with Gasteiger partial charge in [-0.15, -0.1) is 0 Å². The van der Waals surface area contributed by atoms with E-state index in [-0.39, 0.29) is 17.2 Å². The van der Waals surface area contributed by atoms with Gasteiger partial charge in [-0.25, -0.2) is 4.68 Å². The van der Waals surface area contributed by atoms with Crippen LogP contribution in [0.15, 0.2) is 30.3 Å². The Morgan fingerprint density at radius 3 is 3.17 bits per heavy atom. The number of aryl methyl sites for hydroxylation is 3. The van der Waals surface area contributed by atoms with Crippen molar-refractivity contribution in [3.63, 3.8) is 0 Å². The largest absolute Gasteiger partial charge is 0.311 e. The third-order valence-electron chi connectivity index (χ3n) is 5.37. The van der Waals surface area contributed by atoms with Crippen molar-refractivity contribution in [3.8, 4) is 6.07 Å². The van der Waals surface area contributed by atoms with E-state index in [9.17, 15) is 4.79 Å². The second-order valence-corrected chi connectivity index (χ2v) is 6.86. The third-order valence-corrected chi connectivity index (χ3v) is 5.37. The maximum Gasteiger partial charge on any atom is 0.229 e. The molecule has 4 rings (SSSR count). The molecule has 1 N–H and O–H groups in total. The van der Waals surface area contributed by atoms with Gasteiger partial charge >= 0.3 is 0 Å². The normalized spacial score (nSPS) is 23.8. The van der Waals surface area contributed by atoms with Gasteiger partial charge in [-0.05, 0) is 37.3 Å². The Labute approximate surface area is 141 Å². The topological polar surface area (TPSA) is 70.7 Å². The number of rotatable bonds is 4. The molecule has 0 radical (unpaired) electrons. The highest BCUT2D eigenvalue weighted by Gasteiger charge is 2.61. The van der Waals surface area contributed by atoms with Gasteiger partial charge in [-0.2, -0.15) is 10.4 Å². The first kappa shape index (κ1) is 14.9. The Morgan fingerprint density at radius 1 is 1.50 bits per heavy atom. The van der Waals surface area contributed by atoms with Gasteiger partial charge in [-0.1, -0.05) is 24.3 Å². The van der Waals surface area contributed by atoms with E-state index in [2.05, 4.69) is 40.8 Å². The predicted molar refractivity (Wildman–Crippen MR) is 90.4 cm³/mol. The van der Waals surface area contributed by atoms with Gasteiger partial charge in [0.1, 0.15) is 5.82 Å². The molecule has 1 spiro atoms. The van der Waals surface area contributed by atoms with Crippen molar-refractivity contribution in [2.45, 2.75) is 44.6 Å². The molecule has 2 aliphatic carbocycles. The molecule has 1 fully saturated rings. The second-order valence-electron chi connectivity index (χ2n) is 6.86. The SMILES string of the molecule is Cc1cc(NC(=O)[C@@H]2C[C@@]23CCc2ccccc23)n(CCC#N)n1. The van der Waals surface area contributed by atoms with Gasteiger partial charge in [0.2, 0.25) is 5.91 Å². The molecule has 1 aromatic carbocycles. The molecule has 2 atom stereocenters. The lowest BCUT2D eigenvalue weighted by molar-refractivity contribution is -0.117. The summed E-state index contributed by atoms with van der Waals surface area (Å²) in [5, 5.41) is 16.2. The number of aromatic nitrogens is 2. The first-order chi connectivity index (χ1) is 11.6. The molecule has 5 nitrogen and oxygen atoms in total. The number of nitrogens with one attached hydrogen (secondary N) is 1. The van der Waals surface area contributed by atoms with Crippen molar-refractivity contribution in [1.29, 1.82) is 5.26 Å². The number of carbonyl (C=O) groups is 1. The van der Waals surface area contributed by atoms with Crippen LogP contribution >= 0.6 is 0 Å². The molecule has 1 amide bonds. The number of hydrogen-bond donors (Lipinski definition) is 1. The second kappa shape index (κ2) is 5.48. The number of anilines is 1. The summed E-state index contributed by atoms with van der Waals surface area (Å²) in [5.74, 6) is 0.812. The molecule has 1 heterocycles. The minimum atomic E-state index is 0.0424. The van der Waals surface area contributed by atoms with Crippen molar-refractivity contribution >= 4 is 11.7 Å². The van der Waals surface area contributed by atoms with E-state index in [4.69, 9.17) is 5.26 Å². The number of nitrogens with zero attached hydrogens (tertiary/aromatic N) is 3. The molecule has 2 aliphatic rings. The van der Waals surface area contributed by atoms with Crippen molar-refractivity contribution in [2.75, 3.05) is 5.32 Å². The Kier molecular flexibility index (Phi) is 3.42. The summed E-state index contributed by atoms with van der Waals surface area (Å²) in [4.78, 5) is 12.8. The first-order valence-corrected chi connectivity index (χ1v) is 8.45. The summed E-state index contributed by atoms with van der Waals surface area (Å²) in [6, 6.07) is 12.5. The number of benzene rings is 1. The molecule has 0 unspecified atom stereocenters. The number of fused-ring (bicyclic) bond motifs is 2. The fraction of sp³-hybridized carbons (Fsp3) is 0.421. The summed E-state index contributed by atoms with van der Waals surface area (Å²) in [5.41, 5.74) is 3.65. The van der Waals surface area contributed by atoms with E-state index in [1.54, 1.807) is 4.68 Å². The van der Waals surface area contributed by atoms with Crippen LogP contribution in [0.2, 0.25) is 0 Å². The fourth-order valence-electron chi connectivity index (χ4n) is 4.13. The fourth-order valence-corrected chi connectivity index (χ4v) is 4.13. The molecule has 0 bridgehead atoms. The zero-order valence-electron chi connectivity index (χ0n) is 13.7. The van der Waals surface area contributed by atoms with Gasteiger partial charge in [0.25, 0.3) is 0 Å². The van der Waals surface area contributed by atoms with Crippen LogP contribution in [0.25, 0.3) is 0 Å². The van der Waals surface area contributed by atoms with Crippen LogP contribution < -0.4 is 5.32 Å². The van der Waals surface area contributed by atoms with Gasteiger partial charge < -0.3 is 5.32 Å². The highest BCUT2D eigenvalue weighted by atomic mass is 16.2. The smallest absolute Gasteiger partial charge is 0.229 e. The van der Waals surface area contributed by atoms with Gasteiger partial charge in [0.15, 0.2) is 0 Å². The van der Waals surface area contributed by atoms with Crippen molar-refractivity contribution in [2.24, 2.45) is 5.92 Å². The minimum Gasteiger partial charge on any atom is -0.311 e. The Hall–Kier alpha value is -2.61. The molecule has 1 saturated carbocycles. The van der Waals surface area contributed by atoms with Crippen molar-refractivity contribution in [3.05, 3.63) is 47.2 Å². The number of nitriles is 1. The molecule has 2 aromatic rings.